The average molecular weight is 413 g/mol. The highest BCUT2D eigenvalue weighted by molar-refractivity contribution is 6.30. The Balaban J connectivity index is 1.71. The van der Waals surface area contributed by atoms with E-state index in [1.165, 1.54) is 0 Å². The highest BCUT2D eigenvalue weighted by atomic mass is 35.5. The van der Waals surface area contributed by atoms with Crippen LogP contribution >= 0.6 is 11.6 Å². The van der Waals surface area contributed by atoms with Gasteiger partial charge in [0, 0.05) is 16.3 Å². The summed E-state index contributed by atoms with van der Waals surface area (Å²) in [4.78, 5) is 11.2. The number of aryl methyl sites for hydroxylation is 1. The molecule has 29 heavy (non-hydrogen) atoms. The highest BCUT2D eigenvalue weighted by Gasteiger charge is 2.18. The number of benzene rings is 2. The van der Waals surface area contributed by atoms with Crippen molar-refractivity contribution in [3.8, 4) is 5.75 Å². The molecule has 6 heteroatoms. The van der Waals surface area contributed by atoms with Crippen LogP contribution in [0, 0.1) is 0 Å². The number of nitrogens with zero attached hydrogens (tertiary/aromatic N) is 2. The van der Waals surface area contributed by atoms with Crippen molar-refractivity contribution in [2.45, 2.75) is 46.3 Å². The molecule has 0 spiro atoms. The number of carboxylic acid groups (broad SMARTS) is 1. The molecule has 0 saturated heterocycles. The molecule has 0 saturated carbocycles. The third-order valence-corrected chi connectivity index (χ3v) is 5.03. The SMILES string of the molecule is CCc1nn(Cc2ccc(OCc3cccc(Cl)c3)cc2)c(CC)c1CC(=O)O. The minimum atomic E-state index is -0.824. The summed E-state index contributed by atoms with van der Waals surface area (Å²) in [5.41, 5.74) is 4.81. The zero-order chi connectivity index (χ0) is 20.8. The number of halogens is 1. The van der Waals surface area contributed by atoms with E-state index < -0.39 is 5.97 Å². The number of aliphatic carboxylic acids is 1. The van der Waals surface area contributed by atoms with E-state index in [1.807, 2.05) is 67.1 Å². The number of rotatable bonds is 9. The predicted octanol–water partition coefficient (Wildman–Crippen LogP) is 4.92. The van der Waals surface area contributed by atoms with Crippen LogP contribution in [0.5, 0.6) is 5.75 Å². The minimum absolute atomic E-state index is 0.0165. The van der Waals surface area contributed by atoms with Gasteiger partial charge in [-0.15, -0.1) is 0 Å². The molecule has 1 aromatic heterocycles. The van der Waals surface area contributed by atoms with E-state index in [2.05, 4.69) is 5.10 Å². The van der Waals surface area contributed by atoms with Crippen LogP contribution in [-0.4, -0.2) is 20.9 Å². The van der Waals surface area contributed by atoms with Gasteiger partial charge in [0.25, 0.3) is 0 Å². The van der Waals surface area contributed by atoms with Crippen molar-refractivity contribution < 1.29 is 14.6 Å². The van der Waals surface area contributed by atoms with Gasteiger partial charge in [0.1, 0.15) is 12.4 Å². The Morgan fingerprint density at radius 2 is 1.86 bits per heavy atom. The summed E-state index contributed by atoms with van der Waals surface area (Å²) >= 11 is 6.00. The van der Waals surface area contributed by atoms with E-state index in [4.69, 9.17) is 16.3 Å². The first-order valence-corrected chi connectivity index (χ1v) is 10.1. The number of carboxylic acids is 1. The highest BCUT2D eigenvalue weighted by Crippen LogP contribution is 2.20. The number of aromatic nitrogens is 2. The van der Waals surface area contributed by atoms with Gasteiger partial charge in [0.15, 0.2) is 0 Å². The van der Waals surface area contributed by atoms with E-state index in [0.717, 1.165) is 46.7 Å². The first-order chi connectivity index (χ1) is 14.0. The van der Waals surface area contributed by atoms with E-state index in [1.54, 1.807) is 0 Å². The third kappa shape index (κ3) is 5.39. The van der Waals surface area contributed by atoms with Crippen molar-refractivity contribution in [3.63, 3.8) is 0 Å². The topological polar surface area (TPSA) is 64.4 Å². The molecule has 152 valence electrons. The Bertz CT molecular complexity index is 980. The monoisotopic (exact) mass is 412 g/mol. The van der Waals surface area contributed by atoms with Crippen LogP contribution in [0.15, 0.2) is 48.5 Å². The zero-order valence-electron chi connectivity index (χ0n) is 16.7. The molecular weight excluding hydrogens is 388 g/mol. The summed E-state index contributed by atoms with van der Waals surface area (Å²) in [5.74, 6) is -0.0409. The number of hydrogen-bond donors (Lipinski definition) is 1. The van der Waals surface area contributed by atoms with Crippen molar-refractivity contribution in [1.82, 2.24) is 9.78 Å². The Morgan fingerprint density at radius 3 is 2.48 bits per heavy atom. The molecule has 0 aliphatic carbocycles. The molecule has 0 aliphatic heterocycles. The second-order valence-corrected chi connectivity index (χ2v) is 7.31. The van der Waals surface area contributed by atoms with Crippen LogP contribution in [0.2, 0.25) is 5.02 Å². The van der Waals surface area contributed by atoms with Crippen molar-refractivity contribution >= 4 is 17.6 Å². The molecule has 0 unspecified atom stereocenters. The van der Waals surface area contributed by atoms with Gasteiger partial charge < -0.3 is 9.84 Å². The second-order valence-electron chi connectivity index (χ2n) is 6.87. The van der Waals surface area contributed by atoms with Crippen molar-refractivity contribution in [2.75, 3.05) is 0 Å². The molecule has 3 rings (SSSR count). The van der Waals surface area contributed by atoms with Gasteiger partial charge in [-0.1, -0.05) is 49.7 Å². The van der Waals surface area contributed by atoms with Crippen LogP contribution in [-0.2, 0) is 37.2 Å². The van der Waals surface area contributed by atoms with Gasteiger partial charge in [-0.05, 0) is 48.2 Å². The molecule has 1 heterocycles. The maximum atomic E-state index is 11.2. The van der Waals surface area contributed by atoms with Gasteiger partial charge in [-0.25, -0.2) is 0 Å². The maximum absolute atomic E-state index is 11.2. The van der Waals surface area contributed by atoms with E-state index in [0.29, 0.717) is 18.2 Å². The van der Waals surface area contributed by atoms with Crippen molar-refractivity contribution in [2.24, 2.45) is 0 Å². The third-order valence-electron chi connectivity index (χ3n) is 4.80. The smallest absolute Gasteiger partial charge is 0.307 e. The standard InChI is InChI=1S/C23H25ClN2O3/c1-3-21-20(13-23(27)28)22(4-2)26(25-21)14-16-8-10-19(11-9-16)29-15-17-6-5-7-18(24)12-17/h5-12H,3-4,13-15H2,1-2H3,(H,27,28). The Hall–Kier alpha value is -2.79. The molecular formula is C23H25ClN2O3. The average Bonchev–Trinajstić information content (AvgIpc) is 3.03. The molecule has 1 N–H and O–H groups in total. The fourth-order valence-electron chi connectivity index (χ4n) is 3.41. The van der Waals surface area contributed by atoms with Crippen molar-refractivity contribution in [1.29, 1.82) is 0 Å². The van der Waals surface area contributed by atoms with Gasteiger partial charge in [0.2, 0.25) is 0 Å². The van der Waals surface area contributed by atoms with Crippen molar-refractivity contribution in [3.05, 3.63) is 81.6 Å². The van der Waals surface area contributed by atoms with Gasteiger partial charge in [0.05, 0.1) is 18.7 Å². The predicted molar refractivity (Wildman–Crippen MR) is 114 cm³/mol. The summed E-state index contributed by atoms with van der Waals surface area (Å²) in [6.45, 7) is 5.09. The number of hydrogen-bond acceptors (Lipinski definition) is 3. The van der Waals surface area contributed by atoms with Crippen LogP contribution in [0.1, 0.15) is 41.9 Å². The largest absolute Gasteiger partial charge is 0.489 e. The Kier molecular flexibility index (Phi) is 6.94. The van der Waals surface area contributed by atoms with E-state index in [-0.39, 0.29) is 6.42 Å². The second kappa shape index (κ2) is 9.61. The van der Waals surface area contributed by atoms with Crippen LogP contribution < -0.4 is 4.74 Å². The van der Waals surface area contributed by atoms with Crippen LogP contribution in [0.3, 0.4) is 0 Å². The molecule has 0 bridgehead atoms. The molecule has 3 aromatic rings. The van der Waals surface area contributed by atoms with E-state index in [9.17, 15) is 9.90 Å². The quantitative estimate of drug-likeness (QED) is 0.542. The molecule has 0 fully saturated rings. The fraction of sp³-hybridized carbons (Fsp3) is 0.304. The minimum Gasteiger partial charge on any atom is -0.489 e. The molecule has 2 aromatic carbocycles. The number of carbonyl (C=O) groups is 1. The summed E-state index contributed by atoms with van der Waals surface area (Å²) < 4.78 is 7.76. The summed E-state index contributed by atoms with van der Waals surface area (Å²) in [7, 11) is 0. The first-order valence-electron chi connectivity index (χ1n) is 9.75. The molecule has 0 amide bonds. The lowest BCUT2D eigenvalue weighted by atomic mass is 10.1. The van der Waals surface area contributed by atoms with Gasteiger partial charge in [-0.3, -0.25) is 9.48 Å². The Morgan fingerprint density at radius 1 is 1.10 bits per heavy atom. The summed E-state index contributed by atoms with van der Waals surface area (Å²) in [6, 6.07) is 15.5. The summed E-state index contributed by atoms with van der Waals surface area (Å²) in [5, 5.41) is 14.6. The van der Waals surface area contributed by atoms with Gasteiger partial charge in [-0.2, -0.15) is 5.10 Å². The maximum Gasteiger partial charge on any atom is 0.307 e. The Labute approximate surface area is 175 Å². The first kappa shape index (κ1) is 20.9. The lowest BCUT2D eigenvalue weighted by Crippen LogP contribution is -2.08. The normalized spacial score (nSPS) is 10.9. The molecule has 0 aliphatic rings. The van der Waals surface area contributed by atoms with E-state index >= 15 is 0 Å². The molecule has 0 atom stereocenters. The zero-order valence-corrected chi connectivity index (χ0v) is 17.4. The number of ether oxygens (including phenoxy) is 1. The fourth-order valence-corrected chi connectivity index (χ4v) is 3.63. The summed E-state index contributed by atoms with van der Waals surface area (Å²) in [6.07, 6.45) is 1.48. The van der Waals surface area contributed by atoms with Crippen LogP contribution in [0.4, 0.5) is 0 Å². The lowest BCUT2D eigenvalue weighted by Gasteiger charge is -2.10. The lowest BCUT2D eigenvalue weighted by molar-refractivity contribution is -0.136. The van der Waals surface area contributed by atoms with Crippen LogP contribution in [0.25, 0.3) is 0 Å². The molecule has 0 radical (unpaired) electrons. The van der Waals surface area contributed by atoms with Gasteiger partial charge >= 0.3 is 5.97 Å². The molecule has 5 nitrogen and oxygen atoms in total.